The largest absolute Gasteiger partial charge is 0.323 e. The highest BCUT2D eigenvalue weighted by molar-refractivity contribution is 7.99. The summed E-state index contributed by atoms with van der Waals surface area (Å²) in [5.74, 6) is 2.31. The van der Waals surface area contributed by atoms with Crippen LogP contribution in [0.2, 0.25) is 0 Å². The van der Waals surface area contributed by atoms with Gasteiger partial charge in [0.25, 0.3) is 0 Å². The van der Waals surface area contributed by atoms with Crippen molar-refractivity contribution in [2.45, 2.75) is 49.8 Å². The molecule has 1 fully saturated rings. The van der Waals surface area contributed by atoms with Crippen molar-refractivity contribution in [1.29, 1.82) is 0 Å². The Hall–Kier alpha value is -0.470. The van der Waals surface area contributed by atoms with Crippen molar-refractivity contribution in [1.82, 2.24) is 0 Å². The van der Waals surface area contributed by atoms with Crippen LogP contribution in [-0.2, 0) is 6.42 Å². The summed E-state index contributed by atoms with van der Waals surface area (Å²) >= 11 is 2.14. The minimum atomic E-state index is 0.251. The summed E-state index contributed by atoms with van der Waals surface area (Å²) in [6.45, 7) is 0. The molecule has 98 valence electrons. The van der Waals surface area contributed by atoms with Crippen LogP contribution < -0.4 is 5.73 Å². The molecule has 2 N–H and O–H groups in total. The maximum atomic E-state index is 6.45. The normalized spacial score (nSPS) is 28.3. The lowest BCUT2D eigenvalue weighted by atomic mass is 9.88. The third-order valence-corrected chi connectivity index (χ3v) is 6.15. The fourth-order valence-electron chi connectivity index (χ4n) is 3.39. The number of hydrogen-bond acceptors (Lipinski definition) is 2. The van der Waals surface area contributed by atoms with E-state index in [9.17, 15) is 0 Å². The highest BCUT2D eigenvalue weighted by Gasteiger charge is 2.27. The van der Waals surface area contributed by atoms with Gasteiger partial charge in [-0.15, -0.1) is 0 Å². The predicted octanol–water partition coefficient (Wildman–Crippen LogP) is 3.92. The zero-order valence-electron chi connectivity index (χ0n) is 11.0. The molecule has 0 saturated heterocycles. The summed E-state index contributed by atoms with van der Waals surface area (Å²) in [5.41, 5.74) is 9.33. The molecule has 1 nitrogen and oxygen atoms in total. The smallest absolute Gasteiger partial charge is 0.0418 e. The number of benzene rings is 1. The van der Waals surface area contributed by atoms with Crippen LogP contribution in [0.1, 0.15) is 49.3 Å². The van der Waals surface area contributed by atoms with Gasteiger partial charge in [0.15, 0.2) is 0 Å². The molecule has 2 atom stereocenters. The number of fused-ring (bicyclic) bond motifs is 1. The van der Waals surface area contributed by atoms with E-state index >= 15 is 0 Å². The first-order valence-corrected chi connectivity index (χ1v) is 8.34. The first-order chi connectivity index (χ1) is 8.84. The Morgan fingerprint density at radius 3 is 2.72 bits per heavy atom. The third kappa shape index (κ3) is 2.60. The van der Waals surface area contributed by atoms with Crippen LogP contribution in [0, 0.1) is 5.92 Å². The number of thioether (sulfide) groups is 1. The predicted molar refractivity (Wildman–Crippen MR) is 79.9 cm³/mol. The summed E-state index contributed by atoms with van der Waals surface area (Å²) in [5, 5.41) is 0.639. The van der Waals surface area contributed by atoms with Crippen LogP contribution >= 0.6 is 11.8 Å². The van der Waals surface area contributed by atoms with E-state index in [1.807, 2.05) is 0 Å². The standard InChI is InChI=1S/C16H23NS/c17-16-14-8-4-3-7-13(14)9-10-15(16)18-11-12-5-1-2-6-12/h3-4,7-8,12,15-16H,1-2,5-6,9-11,17H2. The minimum absolute atomic E-state index is 0.251. The maximum absolute atomic E-state index is 6.45. The minimum Gasteiger partial charge on any atom is -0.323 e. The molecule has 0 spiro atoms. The molecule has 2 aliphatic rings. The van der Waals surface area contributed by atoms with Crippen LogP contribution in [0.4, 0.5) is 0 Å². The molecule has 0 bridgehead atoms. The summed E-state index contributed by atoms with van der Waals surface area (Å²) in [4.78, 5) is 0. The molecule has 1 saturated carbocycles. The van der Waals surface area contributed by atoms with Gasteiger partial charge < -0.3 is 5.73 Å². The van der Waals surface area contributed by atoms with Crippen molar-refractivity contribution in [3.05, 3.63) is 35.4 Å². The van der Waals surface area contributed by atoms with E-state index in [0.717, 1.165) is 5.92 Å². The van der Waals surface area contributed by atoms with Gasteiger partial charge in [0.2, 0.25) is 0 Å². The highest BCUT2D eigenvalue weighted by Crippen LogP contribution is 2.38. The molecule has 0 aromatic heterocycles. The Morgan fingerprint density at radius 1 is 1.11 bits per heavy atom. The molecule has 2 aliphatic carbocycles. The van der Waals surface area contributed by atoms with Crippen molar-refractivity contribution in [3.63, 3.8) is 0 Å². The molecular weight excluding hydrogens is 238 g/mol. The van der Waals surface area contributed by atoms with E-state index in [-0.39, 0.29) is 6.04 Å². The van der Waals surface area contributed by atoms with E-state index < -0.39 is 0 Å². The lowest BCUT2D eigenvalue weighted by Crippen LogP contribution is -2.30. The van der Waals surface area contributed by atoms with Crippen molar-refractivity contribution < 1.29 is 0 Å². The first kappa shape index (κ1) is 12.6. The Balaban J connectivity index is 1.61. The van der Waals surface area contributed by atoms with Gasteiger partial charge in [-0.3, -0.25) is 0 Å². The zero-order chi connectivity index (χ0) is 12.4. The monoisotopic (exact) mass is 261 g/mol. The lowest BCUT2D eigenvalue weighted by molar-refractivity contribution is 0.577. The molecular formula is C16H23NS. The van der Waals surface area contributed by atoms with Crippen molar-refractivity contribution >= 4 is 11.8 Å². The van der Waals surface area contributed by atoms with E-state index in [4.69, 9.17) is 5.73 Å². The molecule has 0 aliphatic heterocycles. The number of rotatable bonds is 3. The van der Waals surface area contributed by atoms with Crippen LogP contribution in [-0.4, -0.2) is 11.0 Å². The molecule has 0 radical (unpaired) electrons. The average molecular weight is 261 g/mol. The lowest BCUT2D eigenvalue weighted by Gasteiger charge is -2.31. The molecule has 0 heterocycles. The number of aryl methyl sites for hydroxylation is 1. The van der Waals surface area contributed by atoms with Gasteiger partial charge in [0.1, 0.15) is 0 Å². The van der Waals surface area contributed by atoms with Gasteiger partial charge in [-0.1, -0.05) is 37.1 Å². The molecule has 1 aromatic carbocycles. The summed E-state index contributed by atoms with van der Waals surface area (Å²) in [6.07, 6.45) is 8.27. The van der Waals surface area contributed by atoms with Gasteiger partial charge in [-0.2, -0.15) is 11.8 Å². The molecule has 2 heteroatoms. The van der Waals surface area contributed by atoms with Crippen molar-refractivity contribution in [2.24, 2.45) is 11.7 Å². The molecule has 18 heavy (non-hydrogen) atoms. The quantitative estimate of drug-likeness (QED) is 0.892. The Morgan fingerprint density at radius 2 is 1.89 bits per heavy atom. The van der Waals surface area contributed by atoms with E-state index in [1.54, 1.807) is 0 Å². The second kappa shape index (κ2) is 5.66. The van der Waals surface area contributed by atoms with Crippen LogP contribution in [0.5, 0.6) is 0 Å². The van der Waals surface area contributed by atoms with Crippen molar-refractivity contribution in [3.8, 4) is 0 Å². The van der Waals surface area contributed by atoms with Crippen LogP contribution in [0.25, 0.3) is 0 Å². The first-order valence-electron chi connectivity index (χ1n) is 7.29. The zero-order valence-corrected chi connectivity index (χ0v) is 11.8. The van der Waals surface area contributed by atoms with Gasteiger partial charge in [0, 0.05) is 11.3 Å². The fraction of sp³-hybridized carbons (Fsp3) is 0.625. The SMILES string of the molecule is NC1c2ccccc2CCC1SCC1CCCC1. The third-order valence-electron chi connectivity index (χ3n) is 4.53. The average Bonchev–Trinajstić information content (AvgIpc) is 2.91. The second-order valence-corrected chi connectivity index (χ2v) is 7.06. The van der Waals surface area contributed by atoms with Gasteiger partial charge in [-0.05, 0) is 48.5 Å². The fourth-order valence-corrected chi connectivity index (χ4v) is 4.88. The number of nitrogens with two attached hydrogens (primary N) is 1. The molecule has 1 aromatic rings. The van der Waals surface area contributed by atoms with Crippen molar-refractivity contribution in [2.75, 3.05) is 5.75 Å². The summed E-state index contributed by atoms with van der Waals surface area (Å²) < 4.78 is 0. The van der Waals surface area contributed by atoms with Gasteiger partial charge in [0.05, 0.1) is 0 Å². The van der Waals surface area contributed by atoms with Crippen LogP contribution in [0.3, 0.4) is 0 Å². The Labute approximate surface area is 115 Å². The van der Waals surface area contributed by atoms with E-state index in [1.165, 1.54) is 55.4 Å². The molecule has 2 unspecified atom stereocenters. The second-order valence-electron chi connectivity index (χ2n) is 5.79. The van der Waals surface area contributed by atoms with Gasteiger partial charge in [-0.25, -0.2) is 0 Å². The number of hydrogen-bond donors (Lipinski definition) is 1. The van der Waals surface area contributed by atoms with Crippen LogP contribution in [0.15, 0.2) is 24.3 Å². The summed E-state index contributed by atoms with van der Waals surface area (Å²) in [6, 6.07) is 8.98. The van der Waals surface area contributed by atoms with Gasteiger partial charge >= 0.3 is 0 Å². The summed E-state index contributed by atoms with van der Waals surface area (Å²) in [7, 11) is 0. The molecule has 3 rings (SSSR count). The van der Waals surface area contributed by atoms with E-state index in [0.29, 0.717) is 5.25 Å². The Kier molecular flexibility index (Phi) is 3.95. The Bertz CT molecular complexity index is 398. The molecule has 0 amide bonds. The maximum Gasteiger partial charge on any atom is 0.0418 e. The van der Waals surface area contributed by atoms with E-state index in [2.05, 4.69) is 36.0 Å². The highest BCUT2D eigenvalue weighted by atomic mass is 32.2. The topological polar surface area (TPSA) is 26.0 Å².